The first-order chi connectivity index (χ1) is 6.68. The molecule has 76 valence electrons. The van der Waals surface area contributed by atoms with Crippen molar-refractivity contribution in [3.63, 3.8) is 0 Å². The fraction of sp³-hybridized carbons (Fsp3) is 0.375. The minimum Gasteiger partial charge on any atom is -0.370 e. The maximum atomic E-state index is 11.1. The molecule has 14 heavy (non-hydrogen) atoms. The Labute approximate surface area is 85.3 Å². The van der Waals surface area contributed by atoms with E-state index in [-0.39, 0.29) is 18.7 Å². The SMILES string of the molecule is NC(=O)CCC(=O)NCc1nccs1. The molecule has 0 saturated carbocycles. The molecule has 0 aliphatic carbocycles. The van der Waals surface area contributed by atoms with Gasteiger partial charge in [0.25, 0.3) is 0 Å². The first-order valence-corrected chi connectivity index (χ1v) is 5.00. The lowest BCUT2D eigenvalue weighted by molar-refractivity contribution is -0.125. The number of primary amides is 1. The van der Waals surface area contributed by atoms with Gasteiger partial charge in [-0.05, 0) is 0 Å². The summed E-state index contributed by atoms with van der Waals surface area (Å²) in [6.45, 7) is 0.412. The molecular weight excluding hydrogens is 202 g/mol. The lowest BCUT2D eigenvalue weighted by atomic mass is 10.3. The average molecular weight is 213 g/mol. The van der Waals surface area contributed by atoms with Gasteiger partial charge >= 0.3 is 0 Å². The third kappa shape index (κ3) is 3.99. The predicted octanol–water partition coefficient (Wildman–Crippen LogP) is 0.0248. The number of nitrogens with zero attached hydrogens (tertiary/aromatic N) is 1. The summed E-state index contributed by atoms with van der Waals surface area (Å²) < 4.78 is 0. The van der Waals surface area contributed by atoms with E-state index in [0.29, 0.717) is 6.54 Å². The fourth-order valence-corrected chi connectivity index (χ4v) is 1.40. The molecule has 0 radical (unpaired) electrons. The number of thiazole rings is 1. The van der Waals surface area contributed by atoms with Crippen LogP contribution in [0.15, 0.2) is 11.6 Å². The molecule has 1 rings (SSSR count). The minimum absolute atomic E-state index is 0.0870. The van der Waals surface area contributed by atoms with Crippen molar-refractivity contribution >= 4 is 23.2 Å². The van der Waals surface area contributed by atoms with Gasteiger partial charge in [-0.15, -0.1) is 11.3 Å². The van der Waals surface area contributed by atoms with E-state index >= 15 is 0 Å². The minimum atomic E-state index is -0.464. The van der Waals surface area contributed by atoms with E-state index in [1.807, 2.05) is 5.38 Å². The lowest BCUT2D eigenvalue weighted by Crippen LogP contribution is -2.24. The van der Waals surface area contributed by atoms with Crippen LogP contribution in [0.3, 0.4) is 0 Å². The number of hydrogen-bond donors (Lipinski definition) is 2. The Bertz CT molecular complexity index is 310. The van der Waals surface area contributed by atoms with Crippen LogP contribution in [-0.4, -0.2) is 16.8 Å². The summed E-state index contributed by atoms with van der Waals surface area (Å²) in [6.07, 6.45) is 1.90. The van der Waals surface area contributed by atoms with Crippen molar-refractivity contribution in [3.8, 4) is 0 Å². The lowest BCUT2D eigenvalue weighted by Gasteiger charge is -2.00. The Morgan fingerprint density at radius 3 is 2.86 bits per heavy atom. The summed E-state index contributed by atoms with van der Waals surface area (Å²) in [4.78, 5) is 25.5. The van der Waals surface area contributed by atoms with Crippen molar-refractivity contribution in [1.29, 1.82) is 0 Å². The second-order valence-corrected chi connectivity index (χ2v) is 3.65. The zero-order chi connectivity index (χ0) is 10.4. The molecule has 0 aromatic carbocycles. The number of carbonyl (C=O) groups is 2. The Morgan fingerprint density at radius 2 is 2.29 bits per heavy atom. The second kappa shape index (κ2) is 5.33. The molecule has 2 amide bonds. The van der Waals surface area contributed by atoms with Crippen LogP contribution >= 0.6 is 11.3 Å². The first-order valence-electron chi connectivity index (χ1n) is 4.12. The fourth-order valence-electron chi connectivity index (χ4n) is 0.840. The monoisotopic (exact) mass is 213 g/mol. The molecule has 0 bridgehead atoms. The van der Waals surface area contributed by atoms with E-state index in [0.717, 1.165) is 5.01 Å². The van der Waals surface area contributed by atoms with Crippen molar-refractivity contribution in [2.45, 2.75) is 19.4 Å². The Kier molecular flexibility index (Phi) is 4.06. The molecule has 6 heteroatoms. The van der Waals surface area contributed by atoms with Gasteiger partial charge in [-0.1, -0.05) is 0 Å². The molecule has 0 spiro atoms. The van der Waals surface area contributed by atoms with Gasteiger partial charge in [0.1, 0.15) is 5.01 Å². The molecule has 0 unspecified atom stereocenters. The molecule has 0 aliphatic heterocycles. The zero-order valence-corrected chi connectivity index (χ0v) is 8.34. The van der Waals surface area contributed by atoms with Crippen LogP contribution in [0.25, 0.3) is 0 Å². The number of hydrogen-bond acceptors (Lipinski definition) is 4. The van der Waals surface area contributed by atoms with Gasteiger partial charge in [-0.3, -0.25) is 9.59 Å². The summed E-state index contributed by atoms with van der Waals surface area (Å²) in [7, 11) is 0. The maximum absolute atomic E-state index is 11.1. The highest BCUT2D eigenvalue weighted by Gasteiger charge is 2.04. The van der Waals surface area contributed by atoms with E-state index < -0.39 is 5.91 Å². The van der Waals surface area contributed by atoms with Gasteiger partial charge in [-0.2, -0.15) is 0 Å². The summed E-state index contributed by atoms with van der Waals surface area (Å²) in [5, 5.41) is 5.32. The van der Waals surface area contributed by atoms with Gasteiger partial charge in [0.15, 0.2) is 0 Å². The highest BCUT2D eigenvalue weighted by Crippen LogP contribution is 2.02. The average Bonchev–Trinajstić information content (AvgIpc) is 2.63. The Hall–Kier alpha value is -1.43. The van der Waals surface area contributed by atoms with E-state index in [2.05, 4.69) is 10.3 Å². The third-order valence-electron chi connectivity index (χ3n) is 1.52. The molecule has 1 aromatic rings. The van der Waals surface area contributed by atoms with Gasteiger partial charge in [0.2, 0.25) is 11.8 Å². The molecule has 0 atom stereocenters. The van der Waals surface area contributed by atoms with Crippen molar-refractivity contribution in [3.05, 3.63) is 16.6 Å². The molecule has 0 aliphatic rings. The topological polar surface area (TPSA) is 85.1 Å². The van der Waals surface area contributed by atoms with E-state index in [1.54, 1.807) is 6.20 Å². The van der Waals surface area contributed by atoms with Gasteiger partial charge in [0, 0.05) is 24.4 Å². The standard InChI is InChI=1S/C8H11N3O2S/c9-6(12)1-2-7(13)11-5-8-10-3-4-14-8/h3-4H,1-2,5H2,(H2,9,12)(H,11,13). The van der Waals surface area contributed by atoms with E-state index in [4.69, 9.17) is 5.73 Å². The Morgan fingerprint density at radius 1 is 1.50 bits per heavy atom. The highest BCUT2D eigenvalue weighted by molar-refractivity contribution is 7.09. The van der Waals surface area contributed by atoms with Crippen molar-refractivity contribution in [2.24, 2.45) is 5.73 Å². The smallest absolute Gasteiger partial charge is 0.220 e. The molecule has 1 heterocycles. The van der Waals surface area contributed by atoms with Gasteiger partial charge in [0.05, 0.1) is 6.54 Å². The highest BCUT2D eigenvalue weighted by atomic mass is 32.1. The van der Waals surface area contributed by atoms with Crippen molar-refractivity contribution < 1.29 is 9.59 Å². The molecule has 1 aromatic heterocycles. The molecular formula is C8H11N3O2S. The van der Waals surface area contributed by atoms with Crippen molar-refractivity contribution in [1.82, 2.24) is 10.3 Å². The predicted molar refractivity (Wildman–Crippen MR) is 52.4 cm³/mol. The van der Waals surface area contributed by atoms with Crippen LogP contribution < -0.4 is 11.1 Å². The van der Waals surface area contributed by atoms with E-state index in [1.165, 1.54) is 11.3 Å². The van der Waals surface area contributed by atoms with Crippen LogP contribution in [0.5, 0.6) is 0 Å². The van der Waals surface area contributed by atoms with Gasteiger partial charge < -0.3 is 11.1 Å². The number of aromatic nitrogens is 1. The molecule has 0 fully saturated rings. The summed E-state index contributed by atoms with van der Waals surface area (Å²) in [6, 6.07) is 0. The number of amides is 2. The molecule has 0 saturated heterocycles. The Balaban J connectivity index is 2.18. The maximum Gasteiger partial charge on any atom is 0.220 e. The molecule has 5 nitrogen and oxygen atoms in total. The molecule has 3 N–H and O–H groups in total. The van der Waals surface area contributed by atoms with Crippen LogP contribution in [-0.2, 0) is 16.1 Å². The summed E-state index contributed by atoms with van der Waals surface area (Å²) >= 11 is 1.47. The van der Waals surface area contributed by atoms with Crippen LogP contribution in [0.1, 0.15) is 17.8 Å². The number of nitrogens with one attached hydrogen (secondary N) is 1. The van der Waals surface area contributed by atoms with Crippen LogP contribution in [0.2, 0.25) is 0 Å². The second-order valence-electron chi connectivity index (χ2n) is 2.67. The number of nitrogens with two attached hydrogens (primary N) is 1. The summed E-state index contributed by atoms with van der Waals surface area (Å²) in [5.74, 6) is -0.645. The first kappa shape index (κ1) is 10.6. The largest absolute Gasteiger partial charge is 0.370 e. The summed E-state index contributed by atoms with van der Waals surface area (Å²) in [5.41, 5.74) is 4.90. The third-order valence-corrected chi connectivity index (χ3v) is 2.30. The number of carbonyl (C=O) groups excluding carboxylic acids is 2. The van der Waals surface area contributed by atoms with Crippen LogP contribution in [0.4, 0.5) is 0 Å². The van der Waals surface area contributed by atoms with Gasteiger partial charge in [-0.25, -0.2) is 4.98 Å². The van der Waals surface area contributed by atoms with Crippen LogP contribution in [0, 0.1) is 0 Å². The number of rotatable bonds is 5. The normalized spacial score (nSPS) is 9.71. The zero-order valence-electron chi connectivity index (χ0n) is 7.53. The quantitative estimate of drug-likeness (QED) is 0.723. The van der Waals surface area contributed by atoms with E-state index in [9.17, 15) is 9.59 Å². The van der Waals surface area contributed by atoms with Crippen molar-refractivity contribution in [2.75, 3.05) is 0 Å².